The van der Waals surface area contributed by atoms with Gasteiger partial charge in [-0.05, 0) is 31.9 Å². The molecule has 2 N–H and O–H groups in total. The van der Waals surface area contributed by atoms with Gasteiger partial charge in [0.05, 0.1) is 5.41 Å². The van der Waals surface area contributed by atoms with E-state index in [0.717, 1.165) is 17.7 Å². The van der Waals surface area contributed by atoms with Gasteiger partial charge in [-0.3, -0.25) is 4.79 Å². The minimum absolute atomic E-state index is 0.0425. The standard InChI is InChI=1S/C14H20N2O/c1-4-10(15)9-16-12-8-6-5-7-11(12)14(2,3)13(16)17/h5-8,10H,4,9,15H2,1-3H3. The maximum atomic E-state index is 12.4. The molecule has 0 fully saturated rings. The molecule has 0 aliphatic carbocycles. The summed E-state index contributed by atoms with van der Waals surface area (Å²) in [6.07, 6.45) is 0.881. The van der Waals surface area contributed by atoms with Crippen LogP contribution in [0.2, 0.25) is 0 Å². The minimum atomic E-state index is -0.427. The molecule has 0 saturated heterocycles. The fourth-order valence-electron chi connectivity index (χ4n) is 2.34. The van der Waals surface area contributed by atoms with Gasteiger partial charge in [0.15, 0.2) is 0 Å². The quantitative estimate of drug-likeness (QED) is 0.867. The largest absolute Gasteiger partial charge is 0.326 e. The Bertz CT molecular complexity index is 440. The second-order valence-corrected chi connectivity index (χ2v) is 5.23. The molecule has 1 unspecified atom stereocenters. The number of benzene rings is 1. The lowest BCUT2D eigenvalue weighted by Gasteiger charge is -2.23. The molecule has 0 saturated carbocycles. The predicted octanol–water partition coefficient (Wildman–Crippen LogP) is 2.05. The SMILES string of the molecule is CCC(N)CN1C(=O)C(C)(C)c2ccccc21. The van der Waals surface area contributed by atoms with E-state index in [1.165, 1.54) is 0 Å². The third-order valence-corrected chi connectivity index (χ3v) is 3.59. The molecule has 0 spiro atoms. The Balaban J connectivity index is 2.39. The van der Waals surface area contributed by atoms with Crippen molar-refractivity contribution in [1.29, 1.82) is 0 Å². The maximum absolute atomic E-state index is 12.4. The molecule has 1 atom stereocenters. The van der Waals surface area contributed by atoms with Gasteiger partial charge in [-0.15, -0.1) is 0 Å². The summed E-state index contributed by atoms with van der Waals surface area (Å²) < 4.78 is 0. The molecule has 1 aromatic rings. The first kappa shape index (κ1) is 12.1. The number of hydrogen-bond donors (Lipinski definition) is 1. The van der Waals surface area contributed by atoms with Crippen LogP contribution in [0.25, 0.3) is 0 Å². The van der Waals surface area contributed by atoms with Crippen molar-refractivity contribution in [1.82, 2.24) is 0 Å². The van der Waals surface area contributed by atoms with Crippen molar-refractivity contribution in [2.24, 2.45) is 5.73 Å². The first-order chi connectivity index (χ1) is 7.98. The van der Waals surface area contributed by atoms with Crippen LogP contribution in [0.15, 0.2) is 24.3 Å². The topological polar surface area (TPSA) is 46.3 Å². The van der Waals surface area contributed by atoms with Crippen LogP contribution >= 0.6 is 0 Å². The Morgan fingerprint density at radius 3 is 2.65 bits per heavy atom. The summed E-state index contributed by atoms with van der Waals surface area (Å²) in [6.45, 7) is 6.61. The van der Waals surface area contributed by atoms with Gasteiger partial charge in [0.2, 0.25) is 5.91 Å². The number of anilines is 1. The zero-order valence-electron chi connectivity index (χ0n) is 10.7. The summed E-state index contributed by atoms with van der Waals surface area (Å²) in [4.78, 5) is 14.2. The lowest BCUT2D eigenvalue weighted by atomic mass is 9.86. The molecule has 2 rings (SSSR count). The van der Waals surface area contributed by atoms with E-state index < -0.39 is 5.41 Å². The number of para-hydroxylation sites is 1. The van der Waals surface area contributed by atoms with E-state index in [1.807, 2.05) is 49.9 Å². The minimum Gasteiger partial charge on any atom is -0.326 e. The highest BCUT2D eigenvalue weighted by Gasteiger charge is 2.43. The van der Waals surface area contributed by atoms with E-state index in [0.29, 0.717) is 6.54 Å². The van der Waals surface area contributed by atoms with Crippen LogP contribution in [0.4, 0.5) is 5.69 Å². The van der Waals surface area contributed by atoms with Gasteiger partial charge < -0.3 is 10.6 Å². The van der Waals surface area contributed by atoms with Crippen LogP contribution in [-0.2, 0) is 10.2 Å². The van der Waals surface area contributed by atoms with E-state index in [9.17, 15) is 4.79 Å². The van der Waals surface area contributed by atoms with Crippen molar-refractivity contribution < 1.29 is 4.79 Å². The Morgan fingerprint density at radius 1 is 1.35 bits per heavy atom. The first-order valence-corrected chi connectivity index (χ1v) is 6.15. The number of fused-ring (bicyclic) bond motifs is 1. The van der Waals surface area contributed by atoms with Crippen LogP contribution in [0, 0.1) is 0 Å². The third-order valence-electron chi connectivity index (χ3n) is 3.59. The molecule has 1 aromatic carbocycles. The van der Waals surface area contributed by atoms with Crippen molar-refractivity contribution in [2.75, 3.05) is 11.4 Å². The van der Waals surface area contributed by atoms with Gasteiger partial charge in [0.25, 0.3) is 0 Å². The van der Waals surface area contributed by atoms with Gasteiger partial charge >= 0.3 is 0 Å². The Hall–Kier alpha value is -1.35. The summed E-state index contributed by atoms with van der Waals surface area (Å²) in [5.41, 5.74) is 7.67. The maximum Gasteiger partial charge on any atom is 0.237 e. The number of hydrogen-bond acceptors (Lipinski definition) is 2. The molecule has 92 valence electrons. The van der Waals surface area contributed by atoms with Crippen LogP contribution in [-0.4, -0.2) is 18.5 Å². The predicted molar refractivity (Wildman–Crippen MR) is 70.1 cm³/mol. The molecule has 3 nitrogen and oxygen atoms in total. The second kappa shape index (κ2) is 4.15. The molecule has 1 heterocycles. The number of carbonyl (C=O) groups is 1. The fraction of sp³-hybridized carbons (Fsp3) is 0.500. The highest BCUT2D eigenvalue weighted by Crippen LogP contribution is 2.41. The lowest BCUT2D eigenvalue weighted by Crippen LogP contribution is -2.43. The molecule has 0 radical (unpaired) electrons. The van der Waals surface area contributed by atoms with Crippen LogP contribution < -0.4 is 10.6 Å². The molecule has 1 aliphatic rings. The molecule has 3 heteroatoms. The number of rotatable bonds is 3. The van der Waals surface area contributed by atoms with Crippen molar-refractivity contribution in [3.05, 3.63) is 29.8 Å². The number of carbonyl (C=O) groups excluding carboxylic acids is 1. The van der Waals surface area contributed by atoms with E-state index >= 15 is 0 Å². The van der Waals surface area contributed by atoms with E-state index in [1.54, 1.807) is 0 Å². The van der Waals surface area contributed by atoms with E-state index in [4.69, 9.17) is 5.73 Å². The molecule has 0 bridgehead atoms. The van der Waals surface area contributed by atoms with Gasteiger partial charge in [0, 0.05) is 18.3 Å². The van der Waals surface area contributed by atoms with Crippen molar-refractivity contribution in [3.8, 4) is 0 Å². The van der Waals surface area contributed by atoms with Crippen LogP contribution in [0.5, 0.6) is 0 Å². The normalized spacial score (nSPS) is 19.3. The molecule has 1 amide bonds. The molecule has 17 heavy (non-hydrogen) atoms. The third kappa shape index (κ3) is 1.84. The highest BCUT2D eigenvalue weighted by molar-refractivity contribution is 6.07. The van der Waals surface area contributed by atoms with E-state index in [-0.39, 0.29) is 11.9 Å². The summed E-state index contributed by atoms with van der Waals surface area (Å²) >= 11 is 0. The van der Waals surface area contributed by atoms with Gasteiger partial charge in [-0.25, -0.2) is 0 Å². The Morgan fingerprint density at radius 2 is 2.00 bits per heavy atom. The van der Waals surface area contributed by atoms with Crippen molar-refractivity contribution in [3.63, 3.8) is 0 Å². The van der Waals surface area contributed by atoms with Crippen LogP contribution in [0.3, 0.4) is 0 Å². The number of nitrogens with zero attached hydrogens (tertiary/aromatic N) is 1. The monoisotopic (exact) mass is 232 g/mol. The lowest BCUT2D eigenvalue weighted by molar-refractivity contribution is -0.122. The Labute approximate surface area is 103 Å². The molecular formula is C14H20N2O. The number of amides is 1. The molecule has 0 aromatic heterocycles. The Kier molecular flexibility index (Phi) is 2.96. The number of nitrogens with two attached hydrogens (primary N) is 1. The summed E-state index contributed by atoms with van der Waals surface area (Å²) in [5.74, 6) is 0.155. The zero-order chi connectivity index (χ0) is 12.6. The summed E-state index contributed by atoms with van der Waals surface area (Å²) in [6, 6.07) is 8.03. The average molecular weight is 232 g/mol. The van der Waals surface area contributed by atoms with E-state index in [2.05, 4.69) is 0 Å². The summed E-state index contributed by atoms with van der Waals surface area (Å²) in [5, 5.41) is 0. The molecule has 1 aliphatic heterocycles. The van der Waals surface area contributed by atoms with Gasteiger partial charge in [-0.1, -0.05) is 25.1 Å². The molecular weight excluding hydrogens is 212 g/mol. The van der Waals surface area contributed by atoms with Crippen LogP contribution in [0.1, 0.15) is 32.8 Å². The zero-order valence-corrected chi connectivity index (χ0v) is 10.7. The highest BCUT2D eigenvalue weighted by atomic mass is 16.2. The second-order valence-electron chi connectivity index (χ2n) is 5.23. The van der Waals surface area contributed by atoms with Gasteiger partial charge in [-0.2, -0.15) is 0 Å². The smallest absolute Gasteiger partial charge is 0.237 e. The average Bonchev–Trinajstić information content (AvgIpc) is 2.51. The van der Waals surface area contributed by atoms with Crippen molar-refractivity contribution in [2.45, 2.75) is 38.6 Å². The van der Waals surface area contributed by atoms with Gasteiger partial charge in [0.1, 0.15) is 0 Å². The first-order valence-electron chi connectivity index (χ1n) is 6.15. The summed E-state index contributed by atoms with van der Waals surface area (Å²) in [7, 11) is 0. The van der Waals surface area contributed by atoms with Crippen molar-refractivity contribution >= 4 is 11.6 Å². The fourth-order valence-corrected chi connectivity index (χ4v) is 2.34.